The van der Waals surface area contributed by atoms with E-state index in [1.54, 1.807) is 7.11 Å². The lowest BCUT2D eigenvalue weighted by molar-refractivity contribution is 0.141. The Morgan fingerprint density at radius 3 is 2.66 bits per heavy atom. The SMILES string of the molecule is CNC(=S)CCc1ccc(Cn2c(=O)[nH]c3c(N)nc(OCCOC)nc32)cc1. The van der Waals surface area contributed by atoms with Crippen molar-refractivity contribution in [3.05, 3.63) is 45.9 Å². The van der Waals surface area contributed by atoms with E-state index in [2.05, 4.69) is 20.3 Å². The Labute approximate surface area is 173 Å². The Hall–Kier alpha value is -2.98. The predicted molar refractivity (Wildman–Crippen MR) is 115 cm³/mol. The van der Waals surface area contributed by atoms with Crippen molar-refractivity contribution in [3.63, 3.8) is 0 Å². The third-order valence-corrected chi connectivity index (χ3v) is 4.84. The molecule has 2 heterocycles. The van der Waals surface area contributed by atoms with Crippen LogP contribution in [0.25, 0.3) is 11.2 Å². The second kappa shape index (κ2) is 9.48. The Kier molecular flexibility index (Phi) is 6.78. The van der Waals surface area contributed by atoms with Crippen molar-refractivity contribution in [1.82, 2.24) is 24.8 Å². The molecule has 154 valence electrons. The summed E-state index contributed by atoms with van der Waals surface area (Å²) >= 11 is 5.18. The number of nitrogens with zero attached hydrogens (tertiary/aromatic N) is 3. The summed E-state index contributed by atoms with van der Waals surface area (Å²) in [4.78, 5) is 24.4. The van der Waals surface area contributed by atoms with Gasteiger partial charge in [-0.05, 0) is 17.5 Å². The van der Waals surface area contributed by atoms with Crippen LogP contribution in [0.5, 0.6) is 6.01 Å². The molecule has 0 bridgehead atoms. The van der Waals surface area contributed by atoms with Crippen molar-refractivity contribution in [1.29, 1.82) is 0 Å². The van der Waals surface area contributed by atoms with Crippen molar-refractivity contribution in [3.8, 4) is 6.01 Å². The molecule has 29 heavy (non-hydrogen) atoms. The molecular formula is C19H24N6O3S. The molecule has 0 saturated carbocycles. The molecule has 0 amide bonds. The number of nitrogens with two attached hydrogens (primary N) is 1. The summed E-state index contributed by atoms with van der Waals surface area (Å²) in [5.74, 6) is 0.161. The number of nitrogens with one attached hydrogen (secondary N) is 2. The van der Waals surface area contributed by atoms with Gasteiger partial charge in [0, 0.05) is 20.6 Å². The molecule has 0 radical (unpaired) electrons. The standard InChI is InChI=1S/C19H24N6O3S/c1-21-14(29)8-7-12-3-5-13(6-4-12)11-25-17-15(22-19(25)26)16(20)23-18(24-17)28-10-9-27-2/h3-6H,7-11H2,1-2H3,(H,21,29)(H,22,26)(H2,20,23,24). The second-order valence-corrected chi connectivity index (χ2v) is 6.93. The summed E-state index contributed by atoms with van der Waals surface area (Å²) in [7, 11) is 3.40. The molecule has 0 aliphatic carbocycles. The number of hydrogen-bond acceptors (Lipinski definition) is 7. The van der Waals surface area contributed by atoms with Gasteiger partial charge in [-0.3, -0.25) is 4.57 Å². The fraction of sp³-hybridized carbons (Fsp3) is 0.368. The van der Waals surface area contributed by atoms with E-state index in [1.165, 1.54) is 10.1 Å². The van der Waals surface area contributed by atoms with Crippen LogP contribution in [0, 0.1) is 0 Å². The zero-order chi connectivity index (χ0) is 20.8. The molecule has 0 fully saturated rings. The number of aromatic nitrogens is 4. The van der Waals surface area contributed by atoms with E-state index in [0.717, 1.165) is 23.4 Å². The number of thiocarbonyl (C=S) groups is 1. The first-order valence-corrected chi connectivity index (χ1v) is 9.58. The van der Waals surface area contributed by atoms with Crippen LogP contribution >= 0.6 is 12.2 Å². The minimum atomic E-state index is -0.307. The molecule has 4 N–H and O–H groups in total. The summed E-state index contributed by atoms with van der Waals surface area (Å²) < 4.78 is 11.9. The molecule has 0 saturated heterocycles. The van der Waals surface area contributed by atoms with Gasteiger partial charge in [0.25, 0.3) is 0 Å². The van der Waals surface area contributed by atoms with Crippen LogP contribution in [0.15, 0.2) is 29.1 Å². The fourth-order valence-corrected chi connectivity index (χ4v) is 2.94. The number of nitrogen functional groups attached to an aromatic ring is 1. The van der Waals surface area contributed by atoms with Gasteiger partial charge in [-0.2, -0.15) is 9.97 Å². The first-order chi connectivity index (χ1) is 14.0. The molecule has 3 aromatic rings. The van der Waals surface area contributed by atoms with Gasteiger partial charge in [0.1, 0.15) is 12.1 Å². The zero-order valence-electron chi connectivity index (χ0n) is 16.4. The van der Waals surface area contributed by atoms with E-state index in [9.17, 15) is 4.79 Å². The van der Waals surface area contributed by atoms with E-state index in [0.29, 0.717) is 24.3 Å². The largest absolute Gasteiger partial charge is 0.461 e. The van der Waals surface area contributed by atoms with Crippen LogP contribution in [-0.4, -0.2) is 51.9 Å². The monoisotopic (exact) mass is 416 g/mol. The fourth-order valence-electron chi connectivity index (χ4n) is 2.84. The average Bonchev–Trinajstić information content (AvgIpc) is 3.03. The van der Waals surface area contributed by atoms with Gasteiger partial charge in [0.2, 0.25) is 0 Å². The lowest BCUT2D eigenvalue weighted by atomic mass is 10.1. The number of benzene rings is 1. The van der Waals surface area contributed by atoms with Gasteiger partial charge < -0.3 is 25.5 Å². The van der Waals surface area contributed by atoms with E-state index in [4.69, 9.17) is 27.4 Å². The normalized spacial score (nSPS) is 11.0. The van der Waals surface area contributed by atoms with E-state index in [-0.39, 0.29) is 24.1 Å². The summed E-state index contributed by atoms with van der Waals surface area (Å²) in [5.41, 5.74) is 8.60. The van der Waals surface area contributed by atoms with Crippen LogP contribution in [0.2, 0.25) is 0 Å². The predicted octanol–water partition coefficient (Wildman–Crippen LogP) is 1.25. The van der Waals surface area contributed by atoms with Crippen molar-refractivity contribution < 1.29 is 9.47 Å². The summed E-state index contributed by atoms with van der Waals surface area (Å²) in [6.45, 7) is 1.03. The van der Waals surface area contributed by atoms with E-state index < -0.39 is 0 Å². The van der Waals surface area contributed by atoms with Gasteiger partial charge in [0.15, 0.2) is 11.5 Å². The van der Waals surface area contributed by atoms with Crippen LogP contribution in [0.1, 0.15) is 17.5 Å². The van der Waals surface area contributed by atoms with Gasteiger partial charge in [-0.1, -0.05) is 36.5 Å². The van der Waals surface area contributed by atoms with E-state index >= 15 is 0 Å². The molecule has 0 unspecified atom stereocenters. The Balaban J connectivity index is 1.81. The van der Waals surface area contributed by atoms with Crippen molar-refractivity contribution >= 4 is 34.2 Å². The maximum atomic E-state index is 12.4. The number of aryl methyl sites for hydroxylation is 1. The molecule has 0 aliphatic rings. The third-order valence-electron chi connectivity index (χ3n) is 4.43. The van der Waals surface area contributed by atoms with Crippen LogP contribution < -0.4 is 21.5 Å². The van der Waals surface area contributed by atoms with Gasteiger partial charge in [-0.15, -0.1) is 0 Å². The third kappa shape index (κ3) is 5.09. The molecular weight excluding hydrogens is 392 g/mol. The minimum Gasteiger partial charge on any atom is -0.461 e. The number of H-pyrrole nitrogens is 1. The zero-order valence-corrected chi connectivity index (χ0v) is 17.2. The van der Waals surface area contributed by atoms with Crippen LogP contribution in [0.4, 0.5) is 5.82 Å². The van der Waals surface area contributed by atoms with Gasteiger partial charge in [-0.25, -0.2) is 4.79 Å². The quantitative estimate of drug-likeness (QED) is 0.352. The number of anilines is 1. The second-order valence-electron chi connectivity index (χ2n) is 6.44. The molecule has 1 aromatic carbocycles. The highest BCUT2D eigenvalue weighted by Crippen LogP contribution is 2.18. The van der Waals surface area contributed by atoms with E-state index in [1.807, 2.05) is 31.3 Å². The lowest BCUT2D eigenvalue weighted by Gasteiger charge is -2.08. The maximum absolute atomic E-state index is 12.4. The molecule has 2 aromatic heterocycles. The smallest absolute Gasteiger partial charge is 0.328 e. The molecule has 0 aliphatic heterocycles. The summed E-state index contributed by atoms with van der Waals surface area (Å²) in [5, 5.41) is 2.98. The topological polar surface area (TPSA) is 120 Å². The Bertz CT molecular complexity index is 1040. The summed E-state index contributed by atoms with van der Waals surface area (Å²) in [6.07, 6.45) is 1.66. The van der Waals surface area contributed by atoms with Gasteiger partial charge >= 0.3 is 11.7 Å². The molecule has 9 nitrogen and oxygen atoms in total. The average molecular weight is 417 g/mol. The number of imidazole rings is 1. The van der Waals surface area contributed by atoms with Crippen molar-refractivity contribution in [2.75, 3.05) is 33.1 Å². The maximum Gasteiger partial charge on any atom is 0.328 e. The number of aromatic amines is 1. The van der Waals surface area contributed by atoms with Gasteiger partial charge in [0.05, 0.1) is 18.1 Å². The number of ether oxygens (including phenoxy) is 2. The highest BCUT2D eigenvalue weighted by molar-refractivity contribution is 7.80. The minimum absolute atomic E-state index is 0.107. The Morgan fingerprint density at radius 2 is 1.97 bits per heavy atom. The highest BCUT2D eigenvalue weighted by atomic mass is 32.1. The molecule has 0 atom stereocenters. The van der Waals surface area contributed by atoms with Crippen molar-refractivity contribution in [2.24, 2.45) is 0 Å². The molecule has 10 heteroatoms. The molecule has 0 spiro atoms. The first kappa shape index (κ1) is 20.7. The van der Waals surface area contributed by atoms with Crippen LogP contribution in [0.3, 0.4) is 0 Å². The number of fused-ring (bicyclic) bond motifs is 1. The lowest BCUT2D eigenvalue weighted by Crippen LogP contribution is -2.18. The highest BCUT2D eigenvalue weighted by Gasteiger charge is 2.15. The van der Waals surface area contributed by atoms with Crippen LogP contribution in [-0.2, 0) is 17.7 Å². The summed E-state index contributed by atoms with van der Waals surface area (Å²) in [6, 6.07) is 8.16. The first-order valence-electron chi connectivity index (χ1n) is 9.18. The number of hydrogen-bond donors (Lipinski definition) is 3. The van der Waals surface area contributed by atoms with Crippen molar-refractivity contribution in [2.45, 2.75) is 19.4 Å². The Morgan fingerprint density at radius 1 is 1.24 bits per heavy atom. The molecule has 3 rings (SSSR count). The number of methoxy groups -OCH3 is 1. The number of rotatable bonds is 9.